The van der Waals surface area contributed by atoms with Crippen molar-refractivity contribution in [2.75, 3.05) is 18.4 Å². The van der Waals surface area contributed by atoms with E-state index in [1.54, 1.807) is 0 Å². The summed E-state index contributed by atoms with van der Waals surface area (Å²) in [6.07, 6.45) is 3.54. The van der Waals surface area contributed by atoms with E-state index in [9.17, 15) is 14.4 Å². The lowest BCUT2D eigenvalue weighted by atomic mass is 9.90. The number of anilines is 1. The molecule has 2 aliphatic rings. The number of nitrogens with one attached hydrogen (secondary N) is 3. The average molecular weight is 329 g/mol. The first-order chi connectivity index (χ1) is 11.6. The SMILES string of the molecule is O=C1CCC(c2ccc(NC(=O)CC3CCNCC3)cc2)C(=O)N1. The Morgan fingerprint density at radius 2 is 1.79 bits per heavy atom. The third-order valence-electron chi connectivity index (χ3n) is 4.77. The summed E-state index contributed by atoms with van der Waals surface area (Å²) in [6, 6.07) is 7.33. The van der Waals surface area contributed by atoms with Crippen molar-refractivity contribution >= 4 is 23.4 Å². The highest BCUT2D eigenvalue weighted by molar-refractivity contribution is 6.01. The van der Waals surface area contributed by atoms with E-state index < -0.39 is 0 Å². The molecule has 0 aromatic heterocycles. The van der Waals surface area contributed by atoms with Crippen molar-refractivity contribution in [1.29, 1.82) is 0 Å². The maximum atomic E-state index is 12.1. The fraction of sp³-hybridized carbons (Fsp3) is 0.500. The van der Waals surface area contributed by atoms with Crippen molar-refractivity contribution in [3.05, 3.63) is 29.8 Å². The van der Waals surface area contributed by atoms with Gasteiger partial charge in [0.2, 0.25) is 17.7 Å². The van der Waals surface area contributed by atoms with Gasteiger partial charge < -0.3 is 10.6 Å². The summed E-state index contributed by atoms with van der Waals surface area (Å²) in [4.78, 5) is 35.2. The largest absolute Gasteiger partial charge is 0.326 e. The minimum atomic E-state index is -0.290. The average Bonchev–Trinajstić information content (AvgIpc) is 2.57. The van der Waals surface area contributed by atoms with Crippen LogP contribution in [0.25, 0.3) is 0 Å². The molecule has 0 aliphatic carbocycles. The number of piperidine rings is 2. The van der Waals surface area contributed by atoms with Crippen LogP contribution in [-0.2, 0) is 14.4 Å². The molecule has 2 saturated heterocycles. The molecule has 6 nitrogen and oxygen atoms in total. The summed E-state index contributed by atoms with van der Waals surface area (Å²) >= 11 is 0. The Labute approximate surface area is 141 Å². The summed E-state index contributed by atoms with van der Waals surface area (Å²) in [5.74, 6) is -0.251. The summed E-state index contributed by atoms with van der Waals surface area (Å²) in [7, 11) is 0. The summed E-state index contributed by atoms with van der Waals surface area (Å²) < 4.78 is 0. The second kappa shape index (κ2) is 7.57. The van der Waals surface area contributed by atoms with E-state index in [2.05, 4.69) is 16.0 Å². The number of carbonyl (C=O) groups is 3. The molecule has 3 N–H and O–H groups in total. The highest BCUT2D eigenvalue weighted by Gasteiger charge is 2.27. The molecule has 0 bridgehead atoms. The predicted molar refractivity (Wildman–Crippen MR) is 90.4 cm³/mol. The quantitative estimate of drug-likeness (QED) is 0.731. The van der Waals surface area contributed by atoms with E-state index in [1.165, 1.54) is 0 Å². The van der Waals surface area contributed by atoms with Crippen LogP contribution in [-0.4, -0.2) is 30.8 Å². The van der Waals surface area contributed by atoms with Gasteiger partial charge in [-0.15, -0.1) is 0 Å². The fourth-order valence-electron chi connectivity index (χ4n) is 3.37. The standard InChI is InChI=1S/C18H23N3O3/c22-16-6-5-15(18(24)21-16)13-1-3-14(4-2-13)20-17(23)11-12-7-9-19-10-8-12/h1-4,12,15,19H,5-11H2,(H,20,23)(H,21,22,24). The van der Waals surface area contributed by atoms with Gasteiger partial charge in [0.25, 0.3) is 0 Å². The number of amides is 3. The Kier molecular flexibility index (Phi) is 5.25. The smallest absolute Gasteiger partial charge is 0.234 e. The zero-order valence-electron chi connectivity index (χ0n) is 13.6. The molecule has 2 aliphatic heterocycles. The van der Waals surface area contributed by atoms with Crippen LogP contribution < -0.4 is 16.0 Å². The van der Waals surface area contributed by atoms with Crippen LogP contribution in [0, 0.1) is 5.92 Å². The van der Waals surface area contributed by atoms with Gasteiger partial charge >= 0.3 is 0 Å². The van der Waals surface area contributed by atoms with Gasteiger partial charge in [0.15, 0.2) is 0 Å². The summed E-state index contributed by atoms with van der Waals surface area (Å²) in [6.45, 7) is 1.97. The second-order valence-electron chi connectivity index (χ2n) is 6.57. The minimum absolute atomic E-state index is 0.0376. The van der Waals surface area contributed by atoms with Gasteiger partial charge in [-0.25, -0.2) is 0 Å². The first-order valence-corrected chi connectivity index (χ1v) is 8.56. The van der Waals surface area contributed by atoms with Gasteiger partial charge in [0.1, 0.15) is 0 Å². The Morgan fingerprint density at radius 3 is 2.46 bits per heavy atom. The molecule has 0 radical (unpaired) electrons. The van der Waals surface area contributed by atoms with Crippen molar-refractivity contribution in [2.45, 2.75) is 38.0 Å². The summed E-state index contributed by atoms with van der Waals surface area (Å²) in [5, 5.41) is 8.59. The molecule has 1 atom stereocenters. The zero-order chi connectivity index (χ0) is 16.9. The maximum Gasteiger partial charge on any atom is 0.234 e. The molecule has 1 aromatic carbocycles. The topological polar surface area (TPSA) is 87.3 Å². The molecule has 24 heavy (non-hydrogen) atoms. The lowest BCUT2D eigenvalue weighted by Gasteiger charge is -2.22. The number of benzene rings is 1. The van der Waals surface area contributed by atoms with Crippen LogP contribution in [0.5, 0.6) is 0 Å². The van der Waals surface area contributed by atoms with Gasteiger partial charge in [-0.3, -0.25) is 19.7 Å². The van der Waals surface area contributed by atoms with Crippen molar-refractivity contribution in [3.63, 3.8) is 0 Å². The molecule has 0 spiro atoms. The predicted octanol–water partition coefficient (Wildman–Crippen LogP) is 1.53. The Morgan fingerprint density at radius 1 is 1.08 bits per heavy atom. The Bertz CT molecular complexity index is 621. The van der Waals surface area contributed by atoms with Crippen molar-refractivity contribution in [1.82, 2.24) is 10.6 Å². The molecular formula is C18H23N3O3. The number of hydrogen-bond acceptors (Lipinski definition) is 4. The first kappa shape index (κ1) is 16.6. The van der Waals surface area contributed by atoms with Gasteiger partial charge in [0, 0.05) is 18.5 Å². The molecule has 1 unspecified atom stereocenters. The highest BCUT2D eigenvalue weighted by atomic mass is 16.2. The van der Waals surface area contributed by atoms with E-state index in [1.807, 2.05) is 24.3 Å². The van der Waals surface area contributed by atoms with Gasteiger partial charge in [-0.05, 0) is 56.0 Å². The van der Waals surface area contributed by atoms with Crippen molar-refractivity contribution in [2.24, 2.45) is 5.92 Å². The van der Waals surface area contributed by atoms with Gasteiger partial charge in [-0.1, -0.05) is 12.1 Å². The lowest BCUT2D eigenvalue weighted by Crippen LogP contribution is -2.39. The third-order valence-corrected chi connectivity index (χ3v) is 4.77. The Hall–Kier alpha value is -2.21. The van der Waals surface area contributed by atoms with Crippen LogP contribution in [0.3, 0.4) is 0 Å². The van der Waals surface area contributed by atoms with E-state index >= 15 is 0 Å². The Balaban J connectivity index is 1.55. The van der Waals surface area contributed by atoms with Crippen molar-refractivity contribution < 1.29 is 14.4 Å². The minimum Gasteiger partial charge on any atom is -0.326 e. The van der Waals surface area contributed by atoms with Gasteiger partial charge in [-0.2, -0.15) is 0 Å². The maximum absolute atomic E-state index is 12.1. The number of imide groups is 1. The zero-order valence-corrected chi connectivity index (χ0v) is 13.6. The van der Waals surface area contributed by atoms with E-state index in [4.69, 9.17) is 0 Å². The molecule has 128 valence electrons. The lowest BCUT2D eigenvalue weighted by molar-refractivity contribution is -0.134. The molecule has 1 aromatic rings. The third kappa shape index (κ3) is 4.20. The highest BCUT2D eigenvalue weighted by Crippen LogP contribution is 2.26. The molecule has 3 amide bonds. The molecule has 2 heterocycles. The number of rotatable bonds is 4. The molecule has 6 heteroatoms. The fourth-order valence-corrected chi connectivity index (χ4v) is 3.37. The molecule has 2 fully saturated rings. The number of carbonyl (C=O) groups excluding carboxylic acids is 3. The van der Waals surface area contributed by atoms with Crippen LogP contribution in [0.2, 0.25) is 0 Å². The normalized spacial score (nSPS) is 22.1. The monoisotopic (exact) mass is 329 g/mol. The van der Waals surface area contributed by atoms with Crippen LogP contribution >= 0.6 is 0 Å². The first-order valence-electron chi connectivity index (χ1n) is 8.56. The van der Waals surface area contributed by atoms with E-state index in [0.717, 1.165) is 37.2 Å². The van der Waals surface area contributed by atoms with Gasteiger partial charge in [0.05, 0.1) is 5.92 Å². The molecular weight excluding hydrogens is 306 g/mol. The van der Waals surface area contributed by atoms with Crippen LogP contribution in [0.1, 0.15) is 43.6 Å². The molecule has 3 rings (SSSR count). The number of hydrogen-bond donors (Lipinski definition) is 3. The second-order valence-corrected chi connectivity index (χ2v) is 6.57. The summed E-state index contributed by atoms with van der Waals surface area (Å²) in [5.41, 5.74) is 1.61. The van der Waals surface area contributed by atoms with E-state index in [-0.39, 0.29) is 23.6 Å². The van der Waals surface area contributed by atoms with Crippen LogP contribution in [0.15, 0.2) is 24.3 Å². The van der Waals surface area contributed by atoms with Crippen molar-refractivity contribution in [3.8, 4) is 0 Å². The van der Waals surface area contributed by atoms with E-state index in [0.29, 0.717) is 25.2 Å². The molecule has 0 saturated carbocycles. The van der Waals surface area contributed by atoms with Crippen LogP contribution in [0.4, 0.5) is 5.69 Å².